The molecule has 0 spiro atoms. The zero-order valence-electron chi connectivity index (χ0n) is 9.61. The molecular formula is C12H12BrClO4. The number of hydrogen-bond acceptors (Lipinski definition) is 3. The van der Waals surface area contributed by atoms with E-state index < -0.39 is 11.6 Å². The highest BCUT2D eigenvalue weighted by Gasteiger charge is 2.41. The Hall–Kier alpha value is -0.780. The third-order valence-electron chi connectivity index (χ3n) is 2.92. The van der Waals surface area contributed by atoms with E-state index in [1.807, 2.05) is 0 Å². The van der Waals surface area contributed by atoms with Crippen LogP contribution < -0.4 is 4.74 Å². The van der Waals surface area contributed by atoms with Crippen LogP contribution in [-0.2, 0) is 10.4 Å². The third-order valence-corrected chi connectivity index (χ3v) is 4.12. The summed E-state index contributed by atoms with van der Waals surface area (Å²) < 4.78 is 6.25. The van der Waals surface area contributed by atoms with Crippen molar-refractivity contribution in [2.24, 2.45) is 0 Å². The highest BCUT2D eigenvalue weighted by molar-refractivity contribution is 9.10. The van der Waals surface area contributed by atoms with Crippen LogP contribution in [0.3, 0.4) is 0 Å². The highest BCUT2D eigenvalue weighted by Crippen LogP contribution is 2.44. The van der Waals surface area contributed by atoms with Crippen LogP contribution in [0.5, 0.6) is 5.75 Å². The molecule has 1 aromatic carbocycles. The third kappa shape index (κ3) is 2.48. The molecule has 0 saturated heterocycles. The summed E-state index contributed by atoms with van der Waals surface area (Å²) in [6, 6.07) is 3.20. The minimum atomic E-state index is -1.44. The Morgan fingerprint density at radius 1 is 1.67 bits per heavy atom. The van der Waals surface area contributed by atoms with Crippen LogP contribution in [0.15, 0.2) is 16.6 Å². The molecule has 0 amide bonds. The molecule has 1 heterocycles. The maximum Gasteiger partial charge on any atom is 0.306 e. The van der Waals surface area contributed by atoms with E-state index >= 15 is 0 Å². The van der Waals surface area contributed by atoms with Gasteiger partial charge in [-0.05, 0) is 35.0 Å². The Morgan fingerprint density at radius 3 is 2.94 bits per heavy atom. The number of carbonyl (C=O) groups is 1. The van der Waals surface area contributed by atoms with Gasteiger partial charge in [-0.1, -0.05) is 11.6 Å². The van der Waals surface area contributed by atoms with E-state index in [0.717, 1.165) is 0 Å². The molecule has 0 aliphatic carbocycles. The Bertz CT molecular complexity index is 505. The molecule has 1 aliphatic rings. The Kier molecular flexibility index (Phi) is 3.58. The number of carboxylic acids is 1. The van der Waals surface area contributed by atoms with Crippen LogP contribution in [0.25, 0.3) is 0 Å². The quantitative estimate of drug-likeness (QED) is 0.872. The lowest BCUT2D eigenvalue weighted by molar-refractivity contribution is -0.145. The van der Waals surface area contributed by atoms with Crippen molar-refractivity contribution < 1.29 is 19.7 Å². The number of ether oxygens (including phenoxy) is 1. The highest BCUT2D eigenvalue weighted by atomic mass is 79.9. The first-order chi connectivity index (χ1) is 8.32. The smallest absolute Gasteiger partial charge is 0.306 e. The maximum atomic E-state index is 10.9. The molecular weight excluding hydrogens is 323 g/mol. The summed E-state index contributed by atoms with van der Waals surface area (Å²) in [5.74, 6) is -0.592. The van der Waals surface area contributed by atoms with Gasteiger partial charge in [0, 0.05) is 16.5 Å². The van der Waals surface area contributed by atoms with Crippen LogP contribution in [0.2, 0.25) is 5.02 Å². The van der Waals surface area contributed by atoms with Crippen molar-refractivity contribution in [2.45, 2.75) is 31.5 Å². The van der Waals surface area contributed by atoms with Crippen molar-refractivity contribution in [3.8, 4) is 5.75 Å². The molecule has 0 aromatic heterocycles. The lowest BCUT2D eigenvalue weighted by Gasteiger charge is -2.37. The molecule has 0 fully saturated rings. The second kappa shape index (κ2) is 4.72. The monoisotopic (exact) mass is 334 g/mol. The lowest BCUT2D eigenvalue weighted by Crippen LogP contribution is -2.38. The first-order valence-electron chi connectivity index (χ1n) is 5.42. The zero-order valence-corrected chi connectivity index (χ0v) is 12.0. The van der Waals surface area contributed by atoms with Crippen molar-refractivity contribution in [2.75, 3.05) is 0 Å². The summed E-state index contributed by atoms with van der Waals surface area (Å²) >= 11 is 9.26. The van der Waals surface area contributed by atoms with Gasteiger partial charge in [-0.15, -0.1) is 0 Å². The van der Waals surface area contributed by atoms with Crippen LogP contribution in [0.1, 0.15) is 25.3 Å². The van der Waals surface area contributed by atoms with Crippen LogP contribution in [0, 0.1) is 0 Å². The molecule has 2 atom stereocenters. The van der Waals surface area contributed by atoms with E-state index in [9.17, 15) is 9.90 Å². The lowest BCUT2D eigenvalue weighted by atomic mass is 9.83. The fourth-order valence-electron chi connectivity index (χ4n) is 2.25. The van der Waals surface area contributed by atoms with Crippen LogP contribution in [0.4, 0.5) is 0 Å². The van der Waals surface area contributed by atoms with Gasteiger partial charge in [0.2, 0.25) is 0 Å². The molecule has 0 bridgehead atoms. The predicted molar refractivity (Wildman–Crippen MR) is 70.0 cm³/mol. The topological polar surface area (TPSA) is 66.8 Å². The first-order valence-corrected chi connectivity index (χ1v) is 6.59. The number of hydrogen-bond donors (Lipinski definition) is 2. The van der Waals surface area contributed by atoms with Crippen LogP contribution >= 0.6 is 27.5 Å². The number of carboxylic acid groups (broad SMARTS) is 1. The standard InChI is InChI=1S/C12H12BrClO4/c1-6-4-12(17,5-11(15)16)7-2-9(14)8(13)3-10(7)18-6/h2-3,6,17H,4-5H2,1H3,(H,15,16)/t6-,12-/m1/s1. The Morgan fingerprint density at radius 2 is 2.33 bits per heavy atom. The molecule has 1 aromatic rings. The van der Waals surface area contributed by atoms with Gasteiger partial charge in [0.05, 0.1) is 17.5 Å². The second-order valence-corrected chi connectivity index (χ2v) is 5.76. The molecule has 4 nitrogen and oxygen atoms in total. The molecule has 2 N–H and O–H groups in total. The van der Waals surface area contributed by atoms with E-state index in [1.165, 1.54) is 0 Å². The summed E-state index contributed by atoms with van der Waals surface area (Å²) in [5, 5.41) is 19.9. The van der Waals surface area contributed by atoms with E-state index in [2.05, 4.69) is 15.9 Å². The Labute approximate surface area is 118 Å². The summed E-state index contributed by atoms with van der Waals surface area (Å²) in [5.41, 5.74) is -1.01. The average Bonchev–Trinajstić information content (AvgIpc) is 2.19. The molecule has 0 unspecified atom stereocenters. The number of rotatable bonds is 2. The summed E-state index contributed by atoms with van der Waals surface area (Å²) in [6.07, 6.45) is -0.398. The van der Waals surface area contributed by atoms with Crippen molar-refractivity contribution in [1.82, 2.24) is 0 Å². The molecule has 6 heteroatoms. The fraction of sp³-hybridized carbons (Fsp3) is 0.417. The minimum absolute atomic E-state index is 0.226. The molecule has 18 heavy (non-hydrogen) atoms. The Balaban J connectivity index is 2.53. The van der Waals surface area contributed by atoms with Gasteiger partial charge in [-0.2, -0.15) is 0 Å². The van der Waals surface area contributed by atoms with Gasteiger partial charge >= 0.3 is 5.97 Å². The summed E-state index contributed by atoms with van der Waals surface area (Å²) in [7, 11) is 0. The first kappa shape index (κ1) is 13.6. The number of aliphatic carboxylic acids is 1. The summed E-state index contributed by atoms with van der Waals surface area (Å²) in [4.78, 5) is 10.9. The van der Waals surface area contributed by atoms with E-state index in [-0.39, 0.29) is 18.9 Å². The number of fused-ring (bicyclic) bond motifs is 1. The molecule has 0 saturated carbocycles. The fourth-order valence-corrected chi connectivity index (χ4v) is 2.74. The number of halogens is 2. The van der Waals surface area contributed by atoms with Gasteiger partial charge in [0.1, 0.15) is 11.4 Å². The normalized spacial score (nSPS) is 26.3. The van der Waals surface area contributed by atoms with Crippen molar-refractivity contribution in [1.29, 1.82) is 0 Å². The van der Waals surface area contributed by atoms with Gasteiger partial charge in [0.25, 0.3) is 0 Å². The molecule has 0 radical (unpaired) electrons. The van der Waals surface area contributed by atoms with Crippen molar-refractivity contribution in [3.05, 3.63) is 27.2 Å². The van der Waals surface area contributed by atoms with Gasteiger partial charge in [0.15, 0.2) is 0 Å². The van der Waals surface area contributed by atoms with Crippen LogP contribution in [-0.4, -0.2) is 22.3 Å². The van der Waals surface area contributed by atoms with Gasteiger partial charge in [-0.3, -0.25) is 4.79 Å². The molecule has 98 valence electrons. The van der Waals surface area contributed by atoms with Crippen molar-refractivity contribution >= 4 is 33.5 Å². The zero-order chi connectivity index (χ0) is 13.5. The maximum absolute atomic E-state index is 10.9. The van der Waals surface area contributed by atoms with Crippen molar-refractivity contribution in [3.63, 3.8) is 0 Å². The van der Waals surface area contributed by atoms with Gasteiger partial charge < -0.3 is 14.9 Å². The largest absolute Gasteiger partial charge is 0.490 e. The number of aliphatic hydroxyl groups is 1. The molecule has 2 rings (SSSR count). The number of benzene rings is 1. The minimum Gasteiger partial charge on any atom is -0.490 e. The van der Waals surface area contributed by atoms with Gasteiger partial charge in [-0.25, -0.2) is 0 Å². The summed E-state index contributed by atoms with van der Waals surface area (Å²) in [6.45, 7) is 1.79. The van der Waals surface area contributed by atoms with E-state index in [1.54, 1.807) is 19.1 Å². The predicted octanol–water partition coefficient (Wildman–Crippen LogP) is 2.94. The van der Waals surface area contributed by atoms with E-state index in [0.29, 0.717) is 20.8 Å². The second-order valence-electron chi connectivity index (χ2n) is 4.50. The van der Waals surface area contributed by atoms with E-state index in [4.69, 9.17) is 21.4 Å². The average molecular weight is 336 g/mol. The molecule has 1 aliphatic heterocycles. The SMILES string of the molecule is C[C@@H]1C[C@@](O)(CC(=O)O)c2cc(Cl)c(Br)cc2O1.